The van der Waals surface area contributed by atoms with Gasteiger partial charge in [-0.15, -0.1) is 0 Å². The first-order valence-corrected chi connectivity index (χ1v) is 8.10. The molecule has 3 atom stereocenters. The van der Waals surface area contributed by atoms with E-state index < -0.39 is 5.60 Å². The van der Waals surface area contributed by atoms with Crippen molar-refractivity contribution in [3.63, 3.8) is 0 Å². The maximum Gasteiger partial charge on any atom is 0.127 e. The van der Waals surface area contributed by atoms with Crippen LogP contribution in [0.2, 0.25) is 0 Å². The second kappa shape index (κ2) is 4.74. The lowest BCUT2D eigenvalue weighted by Gasteiger charge is -2.34. The molecular formula is C19H22O2. The van der Waals surface area contributed by atoms with Crippen LogP contribution in [-0.2, 0) is 5.60 Å². The first kappa shape index (κ1) is 13.1. The van der Waals surface area contributed by atoms with E-state index >= 15 is 0 Å². The van der Waals surface area contributed by atoms with Crippen molar-refractivity contribution in [2.75, 3.05) is 6.61 Å². The summed E-state index contributed by atoms with van der Waals surface area (Å²) in [4.78, 5) is 0. The average molecular weight is 282 g/mol. The van der Waals surface area contributed by atoms with Gasteiger partial charge in [-0.2, -0.15) is 0 Å². The Balaban J connectivity index is 1.88. The Bertz CT molecular complexity index is 678. The van der Waals surface area contributed by atoms with Gasteiger partial charge < -0.3 is 9.84 Å². The van der Waals surface area contributed by atoms with Crippen molar-refractivity contribution in [1.29, 1.82) is 0 Å². The lowest BCUT2D eigenvalue weighted by molar-refractivity contribution is -0.0168. The van der Waals surface area contributed by atoms with Gasteiger partial charge in [0.05, 0.1) is 12.2 Å². The van der Waals surface area contributed by atoms with Crippen molar-refractivity contribution in [3.05, 3.63) is 42.0 Å². The van der Waals surface area contributed by atoms with E-state index in [0.717, 1.165) is 28.5 Å². The zero-order chi connectivity index (χ0) is 14.4. The van der Waals surface area contributed by atoms with Crippen LogP contribution < -0.4 is 4.74 Å². The molecule has 0 saturated heterocycles. The summed E-state index contributed by atoms with van der Waals surface area (Å²) in [7, 11) is 0. The fraction of sp³-hybridized carbons (Fsp3) is 0.474. The highest BCUT2D eigenvalue weighted by Gasteiger charge is 2.51. The Hall–Kier alpha value is -1.54. The molecule has 4 rings (SSSR count). The third-order valence-corrected chi connectivity index (χ3v) is 5.47. The van der Waals surface area contributed by atoms with Gasteiger partial charge in [-0.3, -0.25) is 0 Å². The van der Waals surface area contributed by atoms with Crippen LogP contribution in [0.5, 0.6) is 5.75 Å². The second-order valence-electron chi connectivity index (χ2n) is 6.59. The van der Waals surface area contributed by atoms with Crippen molar-refractivity contribution >= 4 is 10.8 Å². The lowest BCUT2D eigenvalue weighted by atomic mass is 9.77. The van der Waals surface area contributed by atoms with Crippen LogP contribution in [0.25, 0.3) is 10.8 Å². The summed E-state index contributed by atoms with van der Waals surface area (Å²) in [6.07, 6.45) is 4.58. The van der Waals surface area contributed by atoms with Crippen molar-refractivity contribution in [2.24, 2.45) is 11.8 Å². The first-order chi connectivity index (χ1) is 10.2. The molecule has 3 unspecified atom stereocenters. The van der Waals surface area contributed by atoms with Crippen molar-refractivity contribution in [3.8, 4) is 5.75 Å². The van der Waals surface area contributed by atoms with Gasteiger partial charge in [0.15, 0.2) is 0 Å². The number of fused-ring (bicyclic) bond motifs is 3. The quantitative estimate of drug-likeness (QED) is 0.912. The van der Waals surface area contributed by atoms with E-state index in [-0.39, 0.29) is 0 Å². The van der Waals surface area contributed by atoms with E-state index in [2.05, 4.69) is 24.3 Å². The van der Waals surface area contributed by atoms with Gasteiger partial charge in [-0.05, 0) is 61.5 Å². The molecule has 2 aliphatic carbocycles. The van der Waals surface area contributed by atoms with Gasteiger partial charge in [0.1, 0.15) is 5.75 Å². The van der Waals surface area contributed by atoms with Gasteiger partial charge >= 0.3 is 0 Å². The molecule has 0 spiro atoms. The summed E-state index contributed by atoms with van der Waals surface area (Å²) in [5.74, 6) is 2.07. The number of rotatable bonds is 3. The van der Waals surface area contributed by atoms with E-state index in [9.17, 15) is 5.11 Å². The van der Waals surface area contributed by atoms with Gasteiger partial charge in [-0.25, -0.2) is 0 Å². The molecule has 2 fully saturated rings. The van der Waals surface area contributed by atoms with Gasteiger partial charge in [0, 0.05) is 5.39 Å². The van der Waals surface area contributed by atoms with Gasteiger partial charge in [-0.1, -0.05) is 30.3 Å². The normalized spacial score (nSPS) is 31.0. The van der Waals surface area contributed by atoms with Crippen LogP contribution in [0.3, 0.4) is 0 Å². The summed E-state index contributed by atoms with van der Waals surface area (Å²) >= 11 is 0. The summed E-state index contributed by atoms with van der Waals surface area (Å²) in [5, 5.41) is 13.6. The molecular weight excluding hydrogens is 260 g/mol. The molecule has 2 aliphatic rings. The summed E-state index contributed by atoms with van der Waals surface area (Å²) in [6, 6.07) is 12.4. The van der Waals surface area contributed by atoms with Crippen molar-refractivity contribution in [1.82, 2.24) is 0 Å². The second-order valence-corrected chi connectivity index (χ2v) is 6.59. The summed E-state index contributed by atoms with van der Waals surface area (Å²) < 4.78 is 5.75. The molecule has 21 heavy (non-hydrogen) atoms. The van der Waals surface area contributed by atoms with Crippen molar-refractivity contribution < 1.29 is 9.84 Å². The fourth-order valence-electron chi connectivity index (χ4n) is 4.56. The monoisotopic (exact) mass is 282 g/mol. The molecule has 0 aliphatic heterocycles. The number of hydrogen-bond acceptors (Lipinski definition) is 2. The van der Waals surface area contributed by atoms with Gasteiger partial charge in [0.2, 0.25) is 0 Å². The first-order valence-electron chi connectivity index (χ1n) is 8.10. The Morgan fingerprint density at radius 2 is 1.95 bits per heavy atom. The summed E-state index contributed by atoms with van der Waals surface area (Å²) in [6.45, 7) is 2.67. The van der Waals surface area contributed by atoms with Crippen LogP contribution >= 0.6 is 0 Å². The van der Waals surface area contributed by atoms with E-state index in [1.54, 1.807) is 0 Å². The molecule has 0 radical (unpaired) electrons. The Labute approximate surface area is 125 Å². The van der Waals surface area contributed by atoms with Crippen LogP contribution in [0.1, 0.15) is 38.2 Å². The third kappa shape index (κ3) is 1.89. The number of aliphatic hydroxyl groups is 1. The highest BCUT2D eigenvalue weighted by atomic mass is 16.5. The van der Waals surface area contributed by atoms with E-state index in [1.165, 1.54) is 19.3 Å². The largest absolute Gasteiger partial charge is 0.493 e. The van der Waals surface area contributed by atoms with Gasteiger partial charge in [0.25, 0.3) is 0 Å². The van der Waals surface area contributed by atoms with Crippen LogP contribution in [0.15, 0.2) is 36.4 Å². The Kier molecular flexibility index (Phi) is 2.97. The molecule has 2 nitrogen and oxygen atoms in total. The maximum atomic E-state index is 11.3. The topological polar surface area (TPSA) is 29.5 Å². The Morgan fingerprint density at radius 1 is 1.14 bits per heavy atom. The van der Waals surface area contributed by atoms with E-state index in [4.69, 9.17) is 4.74 Å². The minimum atomic E-state index is -0.632. The predicted molar refractivity (Wildman–Crippen MR) is 84.5 cm³/mol. The SMILES string of the molecule is CCOc1ccc(C2(O)CC3CCC2C3)c2ccccc12. The summed E-state index contributed by atoms with van der Waals surface area (Å²) in [5.41, 5.74) is 0.474. The highest BCUT2D eigenvalue weighted by molar-refractivity contribution is 5.91. The average Bonchev–Trinajstić information content (AvgIpc) is 3.08. The number of hydrogen-bond donors (Lipinski definition) is 1. The standard InChI is InChI=1S/C19H22O2/c1-2-21-18-10-9-17(15-5-3-4-6-16(15)18)19(20)12-13-7-8-14(19)11-13/h3-6,9-10,13-14,20H,2,7-8,11-12H2,1H3. The molecule has 0 amide bonds. The van der Waals surface area contributed by atoms with Crippen LogP contribution in [0, 0.1) is 11.8 Å². The molecule has 0 heterocycles. The van der Waals surface area contributed by atoms with Crippen LogP contribution in [0.4, 0.5) is 0 Å². The van der Waals surface area contributed by atoms with E-state index in [1.807, 2.05) is 19.1 Å². The Morgan fingerprint density at radius 3 is 2.62 bits per heavy atom. The third-order valence-electron chi connectivity index (χ3n) is 5.47. The molecule has 2 heteroatoms. The maximum absolute atomic E-state index is 11.3. The fourth-order valence-corrected chi connectivity index (χ4v) is 4.56. The number of benzene rings is 2. The lowest BCUT2D eigenvalue weighted by Crippen LogP contribution is -2.32. The molecule has 110 valence electrons. The molecule has 2 aromatic carbocycles. The molecule has 0 aromatic heterocycles. The molecule has 1 N–H and O–H groups in total. The minimum Gasteiger partial charge on any atom is -0.493 e. The predicted octanol–water partition coefficient (Wildman–Crippen LogP) is 4.25. The molecule has 2 bridgehead atoms. The minimum absolute atomic E-state index is 0.434. The zero-order valence-corrected chi connectivity index (χ0v) is 12.5. The highest BCUT2D eigenvalue weighted by Crippen LogP contribution is 2.56. The number of ether oxygens (including phenoxy) is 1. The molecule has 2 saturated carbocycles. The van der Waals surface area contributed by atoms with Crippen LogP contribution in [-0.4, -0.2) is 11.7 Å². The molecule has 2 aromatic rings. The zero-order valence-electron chi connectivity index (χ0n) is 12.5. The van der Waals surface area contributed by atoms with Crippen molar-refractivity contribution in [2.45, 2.75) is 38.2 Å². The van der Waals surface area contributed by atoms with E-state index in [0.29, 0.717) is 18.4 Å². The smallest absolute Gasteiger partial charge is 0.127 e.